The first-order valence-corrected chi connectivity index (χ1v) is 8.57. The van der Waals surface area contributed by atoms with E-state index in [0.717, 1.165) is 49.7 Å². The molecule has 0 spiro atoms. The molecule has 0 saturated carbocycles. The number of allylic oxidation sites excluding steroid dienone is 8. The van der Waals surface area contributed by atoms with Gasteiger partial charge in [-0.2, -0.15) is 0 Å². The lowest BCUT2D eigenvalue weighted by molar-refractivity contribution is 0.793. The molecule has 110 valence electrons. The van der Waals surface area contributed by atoms with Gasteiger partial charge in [0.25, 0.3) is 0 Å². The average Bonchev–Trinajstić information content (AvgIpc) is 2.63. The average molecular weight is 393 g/mol. The van der Waals surface area contributed by atoms with Crippen molar-refractivity contribution in [2.24, 2.45) is 0 Å². The van der Waals surface area contributed by atoms with Crippen molar-refractivity contribution in [2.75, 3.05) is 0 Å². The minimum Gasteiger partial charge on any atom is -0.0875 e. The Morgan fingerprint density at radius 3 is 1.15 bits per heavy atom. The Labute approximate surface area is 149 Å². The van der Waals surface area contributed by atoms with Gasteiger partial charge in [-0.25, -0.2) is 0 Å². The first-order chi connectivity index (χ1) is 9.43. The van der Waals surface area contributed by atoms with Gasteiger partial charge in [-0.3, -0.25) is 0 Å². The van der Waals surface area contributed by atoms with Gasteiger partial charge in [0.15, 0.2) is 0 Å². The summed E-state index contributed by atoms with van der Waals surface area (Å²) >= 11 is 37.4. The molecule has 0 aromatic rings. The van der Waals surface area contributed by atoms with Crippen LogP contribution in [0.2, 0.25) is 0 Å². The van der Waals surface area contributed by atoms with E-state index in [2.05, 4.69) is 0 Å². The Balaban J connectivity index is 2.55. The van der Waals surface area contributed by atoms with E-state index in [1.165, 1.54) is 0 Å². The van der Waals surface area contributed by atoms with Gasteiger partial charge in [0, 0.05) is 10.1 Å². The van der Waals surface area contributed by atoms with Crippen LogP contribution in [0.25, 0.3) is 0 Å². The van der Waals surface area contributed by atoms with E-state index in [1.807, 2.05) is 0 Å². The van der Waals surface area contributed by atoms with Crippen LogP contribution in [0.15, 0.2) is 41.3 Å². The van der Waals surface area contributed by atoms with E-state index < -0.39 is 0 Å². The minimum atomic E-state index is 0.410. The van der Waals surface area contributed by atoms with Crippen LogP contribution < -0.4 is 0 Å². The fourth-order valence-electron chi connectivity index (χ4n) is 2.35. The smallest absolute Gasteiger partial charge is 0.0740 e. The van der Waals surface area contributed by atoms with Crippen molar-refractivity contribution in [1.29, 1.82) is 0 Å². The van der Waals surface area contributed by atoms with E-state index in [9.17, 15) is 0 Å². The van der Waals surface area contributed by atoms with Crippen molar-refractivity contribution in [1.82, 2.24) is 0 Å². The first kappa shape index (κ1) is 17.1. The largest absolute Gasteiger partial charge is 0.0875 e. The molecule has 0 saturated heterocycles. The maximum absolute atomic E-state index is 6.39. The molecule has 0 aromatic heterocycles. The lowest BCUT2D eigenvalue weighted by Crippen LogP contribution is -1.95. The summed E-state index contributed by atoms with van der Waals surface area (Å²) in [5.74, 6) is 0. The molecular formula is C14H12Cl6. The highest BCUT2D eigenvalue weighted by Crippen LogP contribution is 2.44. The summed E-state index contributed by atoms with van der Waals surface area (Å²) in [5.41, 5.74) is 1.86. The lowest BCUT2D eigenvalue weighted by atomic mass is 9.97. The standard InChI is InChI=1S/C14H12Cl6/c15-9-5-1-3-7(11(17)13(9)19)8-4-2-6-10(16)14(20)12(8)18/h1-6H2. The van der Waals surface area contributed by atoms with Crippen molar-refractivity contribution in [3.8, 4) is 0 Å². The van der Waals surface area contributed by atoms with E-state index in [1.54, 1.807) is 0 Å². The molecule has 0 atom stereocenters. The van der Waals surface area contributed by atoms with Crippen LogP contribution in [0.4, 0.5) is 0 Å². The predicted molar refractivity (Wildman–Crippen MR) is 90.9 cm³/mol. The Hall–Kier alpha value is 0.700. The van der Waals surface area contributed by atoms with Crippen molar-refractivity contribution < 1.29 is 0 Å². The third-order valence-electron chi connectivity index (χ3n) is 3.40. The zero-order valence-electron chi connectivity index (χ0n) is 10.5. The second-order valence-electron chi connectivity index (χ2n) is 4.73. The summed E-state index contributed by atoms with van der Waals surface area (Å²) in [5, 5.41) is 2.96. The van der Waals surface area contributed by atoms with Crippen LogP contribution in [0, 0.1) is 0 Å². The molecule has 0 radical (unpaired) electrons. The summed E-state index contributed by atoms with van der Waals surface area (Å²) in [7, 11) is 0. The van der Waals surface area contributed by atoms with Gasteiger partial charge < -0.3 is 0 Å². The quantitative estimate of drug-likeness (QED) is 0.428. The second kappa shape index (κ2) is 7.31. The van der Waals surface area contributed by atoms with Gasteiger partial charge in [-0.05, 0) is 49.7 Å². The molecule has 0 aliphatic heterocycles. The number of rotatable bonds is 1. The van der Waals surface area contributed by atoms with Crippen LogP contribution in [-0.2, 0) is 0 Å². The van der Waals surface area contributed by atoms with Crippen molar-refractivity contribution >= 4 is 69.6 Å². The van der Waals surface area contributed by atoms with Crippen LogP contribution in [0.5, 0.6) is 0 Å². The Morgan fingerprint density at radius 1 is 0.450 bits per heavy atom. The predicted octanol–water partition coefficient (Wildman–Crippen LogP) is 7.72. The first-order valence-electron chi connectivity index (χ1n) is 6.30. The molecule has 0 heterocycles. The van der Waals surface area contributed by atoms with Gasteiger partial charge in [0.2, 0.25) is 0 Å². The molecule has 0 fully saturated rings. The monoisotopic (exact) mass is 390 g/mol. The summed E-state index contributed by atoms with van der Waals surface area (Å²) in [4.78, 5) is 0. The zero-order valence-corrected chi connectivity index (χ0v) is 15.0. The molecule has 0 nitrogen and oxygen atoms in total. The van der Waals surface area contributed by atoms with E-state index >= 15 is 0 Å². The zero-order chi connectivity index (χ0) is 14.9. The molecule has 20 heavy (non-hydrogen) atoms. The van der Waals surface area contributed by atoms with Gasteiger partial charge >= 0.3 is 0 Å². The van der Waals surface area contributed by atoms with E-state index in [4.69, 9.17) is 69.6 Å². The molecule has 6 heteroatoms. The molecular weight excluding hydrogens is 381 g/mol. The number of halogens is 6. The third kappa shape index (κ3) is 3.54. The van der Waals surface area contributed by atoms with E-state index in [0.29, 0.717) is 30.2 Å². The van der Waals surface area contributed by atoms with Gasteiger partial charge in [0.1, 0.15) is 0 Å². The Bertz CT molecular complexity index is 500. The van der Waals surface area contributed by atoms with Crippen LogP contribution in [0.3, 0.4) is 0 Å². The van der Waals surface area contributed by atoms with Gasteiger partial charge in [-0.15, -0.1) is 0 Å². The molecule has 0 aromatic carbocycles. The van der Waals surface area contributed by atoms with Crippen molar-refractivity contribution in [3.63, 3.8) is 0 Å². The molecule has 0 unspecified atom stereocenters. The lowest BCUT2D eigenvalue weighted by Gasteiger charge is -2.14. The summed E-state index contributed by atoms with van der Waals surface area (Å²) < 4.78 is 0. The number of hydrogen-bond acceptors (Lipinski definition) is 0. The highest BCUT2D eigenvalue weighted by Gasteiger charge is 2.24. The maximum Gasteiger partial charge on any atom is 0.0740 e. The van der Waals surface area contributed by atoms with Crippen LogP contribution in [0.1, 0.15) is 38.5 Å². The summed E-state index contributed by atoms with van der Waals surface area (Å²) in [6.07, 6.45) is 4.74. The molecule has 0 amide bonds. The highest BCUT2D eigenvalue weighted by molar-refractivity contribution is 6.49. The molecule has 2 aliphatic rings. The second-order valence-corrected chi connectivity index (χ2v) is 7.15. The third-order valence-corrected chi connectivity index (χ3v) is 6.21. The summed E-state index contributed by atoms with van der Waals surface area (Å²) in [6.45, 7) is 0. The van der Waals surface area contributed by atoms with E-state index in [-0.39, 0.29) is 0 Å². The molecule has 2 aliphatic carbocycles. The van der Waals surface area contributed by atoms with Gasteiger partial charge in [0.05, 0.1) is 20.1 Å². The fourth-order valence-corrected chi connectivity index (χ4v) is 3.96. The topological polar surface area (TPSA) is 0 Å². The molecule has 2 rings (SSSR count). The minimum absolute atomic E-state index is 0.410. The van der Waals surface area contributed by atoms with Crippen molar-refractivity contribution in [3.05, 3.63) is 41.3 Å². The molecule has 0 bridgehead atoms. The molecule has 0 N–H and O–H groups in total. The maximum atomic E-state index is 6.39. The number of hydrogen-bond donors (Lipinski definition) is 0. The Morgan fingerprint density at radius 2 is 0.800 bits per heavy atom. The van der Waals surface area contributed by atoms with Crippen LogP contribution in [-0.4, -0.2) is 0 Å². The normalized spacial score (nSPS) is 22.5. The fraction of sp³-hybridized carbons (Fsp3) is 0.429. The Kier molecular flexibility index (Phi) is 6.23. The van der Waals surface area contributed by atoms with Gasteiger partial charge in [-0.1, -0.05) is 69.6 Å². The highest BCUT2D eigenvalue weighted by atomic mass is 35.5. The van der Waals surface area contributed by atoms with Crippen molar-refractivity contribution in [2.45, 2.75) is 38.5 Å². The SMILES string of the molecule is ClC1=C(Cl)C(Cl)=C(C2=C(Cl)C(Cl)=C(Cl)CCC2)CCC1. The van der Waals surface area contributed by atoms with Crippen LogP contribution >= 0.6 is 69.6 Å². The summed E-state index contributed by atoms with van der Waals surface area (Å²) in [6, 6.07) is 0.